The Morgan fingerprint density at radius 1 is 0.900 bits per heavy atom. The van der Waals surface area contributed by atoms with Gasteiger partial charge < -0.3 is 20.4 Å². The van der Waals surface area contributed by atoms with E-state index in [1.165, 1.54) is 0 Å². The molecule has 0 radical (unpaired) electrons. The maximum Gasteiger partial charge on any atom is 0.239 e. The van der Waals surface area contributed by atoms with E-state index < -0.39 is 0 Å². The molecule has 20 heavy (non-hydrogen) atoms. The summed E-state index contributed by atoms with van der Waals surface area (Å²) in [4.78, 5) is 18.6. The van der Waals surface area contributed by atoms with Gasteiger partial charge in [0.05, 0.1) is 6.04 Å². The van der Waals surface area contributed by atoms with Crippen molar-refractivity contribution in [3.63, 3.8) is 0 Å². The molecular weight excluding hydrogens is 252 g/mol. The molecule has 1 atom stereocenters. The fourth-order valence-electron chi connectivity index (χ4n) is 1.98. The van der Waals surface area contributed by atoms with Gasteiger partial charge in [-0.05, 0) is 60.0 Å². The SMILES string of the molecule is CC(C)C(N)C(=O)N(CCCN(C)C)CCCN(C)C. The first-order chi connectivity index (χ1) is 9.25. The van der Waals surface area contributed by atoms with Crippen molar-refractivity contribution in [3.8, 4) is 0 Å². The Labute approximate surface area is 125 Å². The summed E-state index contributed by atoms with van der Waals surface area (Å²) in [6, 6.07) is -0.381. The minimum Gasteiger partial charge on any atom is -0.341 e. The molecule has 0 fully saturated rings. The summed E-state index contributed by atoms with van der Waals surface area (Å²) in [5.41, 5.74) is 6.01. The number of nitrogens with zero attached hydrogens (tertiary/aromatic N) is 3. The molecule has 120 valence electrons. The highest BCUT2D eigenvalue weighted by Gasteiger charge is 2.23. The summed E-state index contributed by atoms with van der Waals surface area (Å²) in [6.45, 7) is 7.58. The van der Waals surface area contributed by atoms with Crippen LogP contribution in [-0.4, -0.2) is 81.0 Å². The Bertz CT molecular complexity index is 253. The molecule has 0 aliphatic rings. The summed E-state index contributed by atoms with van der Waals surface area (Å²) in [6.07, 6.45) is 1.98. The largest absolute Gasteiger partial charge is 0.341 e. The van der Waals surface area contributed by atoms with Crippen molar-refractivity contribution in [1.82, 2.24) is 14.7 Å². The van der Waals surface area contributed by atoms with E-state index in [9.17, 15) is 4.79 Å². The first kappa shape index (κ1) is 19.4. The van der Waals surface area contributed by atoms with Gasteiger partial charge in [0, 0.05) is 13.1 Å². The van der Waals surface area contributed by atoms with Gasteiger partial charge in [0.1, 0.15) is 0 Å². The van der Waals surface area contributed by atoms with Gasteiger partial charge in [0.25, 0.3) is 0 Å². The second-order valence-electron chi connectivity index (χ2n) is 6.41. The standard InChI is InChI=1S/C15H34N4O/c1-13(2)14(16)15(20)19(11-7-9-17(3)4)12-8-10-18(5)6/h13-14H,7-12,16H2,1-6H3. The lowest BCUT2D eigenvalue weighted by Crippen LogP contribution is -2.47. The first-order valence-corrected chi connectivity index (χ1v) is 7.59. The van der Waals surface area contributed by atoms with E-state index >= 15 is 0 Å². The predicted molar refractivity (Wildman–Crippen MR) is 85.7 cm³/mol. The quantitative estimate of drug-likeness (QED) is 0.642. The van der Waals surface area contributed by atoms with Crippen molar-refractivity contribution in [3.05, 3.63) is 0 Å². The molecule has 1 unspecified atom stereocenters. The van der Waals surface area contributed by atoms with Crippen molar-refractivity contribution in [2.45, 2.75) is 32.7 Å². The third-order valence-electron chi connectivity index (χ3n) is 3.38. The first-order valence-electron chi connectivity index (χ1n) is 7.59. The fraction of sp³-hybridized carbons (Fsp3) is 0.933. The molecule has 0 bridgehead atoms. The highest BCUT2D eigenvalue weighted by Crippen LogP contribution is 2.06. The molecule has 5 nitrogen and oxygen atoms in total. The minimum atomic E-state index is -0.381. The van der Waals surface area contributed by atoms with E-state index in [-0.39, 0.29) is 17.9 Å². The van der Waals surface area contributed by atoms with Gasteiger partial charge >= 0.3 is 0 Å². The second-order valence-corrected chi connectivity index (χ2v) is 6.41. The predicted octanol–water partition coefficient (Wildman–Crippen LogP) is 0.702. The zero-order chi connectivity index (χ0) is 15.7. The Morgan fingerprint density at radius 3 is 1.60 bits per heavy atom. The van der Waals surface area contributed by atoms with Crippen LogP contribution in [0.4, 0.5) is 0 Å². The van der Waals surface area contributed by atoms with Crippen LogP contribution < -0.4 is 5.73 Å². The zero-order valence-corrected chi connectivity index (χ0v) is 14.2. The summed E-state index contributed by atoms with van der Waals surface area (Å²) in [5.74, 6) is 0.283. The number of amides is 1. The molecule has 0 saturated heterocycles. The molecule has 0 saturated carbocycles. The molecule has 0 aliphatic heterocycles. The van der Waals surface area contributed by atoms with Crippen molar-refractivity contribution in [2.75, 3.05) is 54.4 Å². The van der Waals surface area contributed by atoms with Crippen LogP contribution in [0.25, 0.3) is 0 Å². The smallest absolute Gasteiger partial charge is 0.239 e. The highest BCUT2D eigenvalue weighted by atomic mass is 16.2. The van der Waals surface area contributed by atoms with Gasteiger partial charge in [-0.15, -0.1) is 0 Å². The number of rotatable bonds is 10. The third-order valence-corrected chi connectivity index (χ3v) is 3.38. The Hall–Kier alpha value is -0.650. The number of nitrogens with two attached hydrogens (primary N) is 1. The van der Waals surface area contributed by atoms with E-state index in [1.54, 1.807) is 0 Å². The molecule has 0 aliphatic carbocycles. The van der Waals surface area contributed by atoms with Crippen LogP contribution in [0.3, 0.4) is 0 Å². The van der Waals surface area contributed by atoms with Gasteiger partial charge in [0.15, 0.2) is 0 Å². The molecule has 5 heteroatoms. The molecule has 1 amide bonds. The van der Waals surface area contributed by atoms with Crippen LogP contribution in [0.2, 0.25) is 0 Å². The van der Waals surface area contributed by atoms with Gasteiger partial charge in [0.2, 0.25) is 5.91 Å². The molecule has 0 rings (SSSR count). The molecule has 2 N–H and O–H groups in total. The van der Waals surface area contributed by atoms with Crippen LogP contribution in [0.15, 0.2) is 0 Å². The van der Waals surface area contributed by atoms with E-state index in [4.69, 9.17) is 5.73 Å². The van der Waals surface area contributed by atoms with Crippen molar-refractivity contribution < 1.29 is 4.79 Å². The summed E-state index contributed by atoms with van der Waals surface area (Å²) >= 11 is 0. The topological polar surface area (TPSA) is 52.8 Å². The Morgan fingerprint density at radius 2 is 1.30 bits per heavy atom. The zero-order valence-electron chi connectivity index (χ0n) is 14.2. The van der Waals surface area contributed by atoms with E-state index in [0.29, 0.717) is 0 Å². The van der Waals surface area contributed by atoms with Crippen LogP contribution in [0, 0.1) is 5.92 Å². The second kappa shape index (κ2) is 10.1. The lowest BCUT2D eigenvalue weighted by molar-refractivity contribution is -0.133. The number of hydrogen-bond donors (Lipinski definition) is 1. The van der Waals surface area contributed by atoms with Gasteiger partial charge in [-0.2, -0.15) is 0 Å². The molecular formula is C15H34N4O. The number of hydrogen-bond acceptors (Lipinski definition) is 4. The third kappa shape index (κ3) is 8.51. The molecule has 0 aromatic rings. The van der Waals surface area contributed by atoms with Crippen LogP contribution >= 0.6 is 0 Å². The Kier molecular flexibility index (Phi) is 9.80. The van der Waals surface area contributed by atoms with E-state index in [1.807, 2.05) is 18.7 Å². The van der Waals surface area contributed by atoms with Crippen LogP contribution in [0.5, 0.6) is 0 Å². The maximum atomic E-state index is 12.4. The number of carbonyl (C=O) groups is 1. The normalized spacial score (nSPS) is 13.3. The van der Waals surface area contributed by atoms with Crippen molar-refractivity contribution in [2.24, 2.45) is 11.7 Å². The lowest BCUT2D eigenvalue weighted by Gasteiger charge is -2.28. The van der Waals surface area contributed by atoms with Crippen molar-refractivity contribution in [1.29, 1.82) is 0 Å². The summed E-state index contributed by atoms with van der Waals surface area (Å²) < 4.78 is 0. The Balaban J connectivity index is 4.40. The summed E-state index contributed by atoms with van der Waals surface area (Å²) in [5, 5.41) is 0. The maximum absolute atomic E-state index is 12.4. The molecule has 0 spiro atoms. The van der Waals surface area contributed by atoms with Crippen molar-refractivity contribution >= 4 is 5.91 Å². The number of carbonyl (C=O) groups excluding carboxylic acids is 1. The van der Waals surface area contributed by atoms with Crippen LogP contribution in [-0.2, 0) is 4.79 Å². The minimum absolute atomic E-state index is 0.0949. The average Bonchev–Trinajstić information content (AvgIpc) is 2.34. The fourth-order valence-corrected chi connectivity index (χ4v) is 1.98. The molecule has 0 aromatic heterocycles. The van der Waals surface area contributed by atoms with Gasteiger partial charge in [-0.1, -0.05) is 13.8 Å². The van der Waals surface area contributed by atoms with E-state index in [2.05, 4.69) is 38.0 Å². The average molecular weight is 286 g/mol. The monoisotopic (exact) mass is 286 g/mol. The molecule has 0 aromatic carbocycles. The lowest BCUT2D eigenvalue weighted by atomic mass is 10.0. The highest BCUT2D eigenvalue weighted by molar-refractivity contribution is 5.81. The summed E-state index contributed by atoms with van der Waals surface area (Å²) in [7, 11) is 8.21. The van der Waals surface area contributed by atoms with E-state index in [0.717, 1.165) is 39.0 Å². The van der Waals surface area contributed by atoms with Crippen LogP contribution in [0.1, 0.15) is 26.7 Å². The van der Waals surface area contributed by atoms with Gasteiger partial charge in [-0.25, -0.2) is 0 Å². The molecule has 0 heterocycles. The van der Waals surface area contributed by atoms with Gasteiger partial charge in [-0.3, -0.25) is 4.79 Å².